The van der Waals surface area contributed by atoms with Crippen molar-refractivity contribution in [1.29, 1.82) is 0 Å². The van der Waals surface area contributed by atoms with E-state index in [1.807, 2.05) is 7.05 Å². The predicted molar refractivity (Wildman–Crippen MR) is 57.7 cm³/mol. The fourth-order valence-electron chi connectivity index (χ4n) is 2.13. The number of rotatable bonds is 3. The first-order valence-electron chi connectivity index (χ1n) is 5.94. The van der Waals surface area contributed by atoms with Gasteiger partial charge in [0.1, 0.15) is 6.10 Å². The zero-order chi connectivity index (χ0) is 10.7. The summed E-state index contributed by atoms with van der Waals surface area (Å²) < 4.78 is 5.43. The van der Waals surface area contributed by atoms with Gasteiger partial charge in [-0.2, -0.15) is 0 Å². The summed E-state index contributed by atoms with van der Waals surface area (Å²) in [4.78, 5) is 11.5. The molecule has 2 unspecified atom stereocenters. The Morgan fingerprint density at radius 2 is 1.93 bits per heavy atom. The van der Waals surface area contributed by atoms with E-state index in [1.165, 1.54) is 12.8 Å². The maximum Gasteiger partial charge on any atom is 0.407 e. The van der Waals surface area contributed by atoms with Crippen LogP contribution in [0.25, 0.3) is 0 Å². The van der Waals surface area contributed by atoms with Gasteiger partial charge in [0.25, 0.3) is 0 Å². The standard InChI is InChI=1S/C11H20N2O2/c1-12-9-4-2-3-5-10(9)15-11(14)13-8-6-7-8/h8-10,12H,2-7H2,1H3,(H,13,14). The van der Waals surface area contributed by atoms with Crippen molar-refractivity contribution in [1.82, 2.24) is 10.6 Å². The topological polar surface area (TPSA) is 50.4 Å². The minimum absolute atomic E-state index is 0.0579. The van der Waals surface area contributed by atoms with Crippen molar-refractivity contribution in [3.63, 3.8) is 0 Å². The normalized spacial score (nSPS) is 31.0. The quantitative estimate of drug-likeness (QED) is 0.743. The molecule has 4 nitrogen and oxygen atoms in total. The molecule has 2 fully saturated rings. The molecule has 86 valence electrons. The summed E-state index contributed by atoms with van der Waals surface area (Å²) in [5, 5.41) is 6.08. The Labute approximate surface area is 90.8 Å². The molecule has 2 rings (SSSR count). The highest BCUT2D eigenvalue weighted by atomic mass is 16.6. The summed E-state index contributed by atoms with van der Waals surface area (Å²) in [5.41, 5.74) is 0. The highest BCUT2D eigenvalue weighted by Gasteiger charge is 2.29. The lowest BCUT2D eigenvalue weighted by molar-refractivity contribution is 0.0543. The zero-order valence-corrected chi connectivity index (χ0v) is 9.29. The Kier molecular flexibility index (Phi) is 3.46. The summed E-state index contributed by atoms with van der Waals surface area (Å²) >= 11 is 0. The van der Waals surface area contributed by atoms with Crippen molar-refractivity contribution in [2.45, 2.75) is 56.7 Å². The molecule has 2 aliphatic rings. The summed E-state index contributed by atoms with van der Waals surface area (Å²) in [7, 11) is 1.94. The third kappa shape index (κ3) is 3.09. The van der Waals surface area contributed by atoms with E-state index in [-0.39, 0.29) is 12.2 Å². The second-order valence-electron chi connectivity index (χ2n) is 4.54. The smallest absolute Gasteiger partial charge is 0.407 e. The van der Waals surface area contributed by atoms with Gasteiger partial charge in [0.15, 0.2) is 0 Å². The molecule has 0 aliphatic heterocycles. The van der Waals surface area contributed by atoms with Gasteiger partial charge in [0.05, 0.1) is 0 Å². The zero-order valence-electron chi connectivity index (χ0n) is 9.29. The van der Waals surface area contributed by atoms with E-state index >= 15 is 0 Å². The van der Waals surface area contributed by atoms with E-state index in [0.29, 0.717) is 12.1 Å². The molecular formula is C11H20N2O2. The predicted octanol–water partition coefficient (Wildman–Crippen LogP) is 1.41. The molecule has 0 aromatic heterocycles. The van der Waals surface area contributed by atoms with Crippen molar-refractivity contribution in [2.75, 3.05) is 7.05 Å². The van der Waals surface area contributed by atoms with E-state index in [0.717, 1.165) is 25.7 Å². The third-order valence-corrected chi connectivity index (χ3v) is 3.23. The van der Waals surface area contributed by atoms with Crippen LogP contribution in [0.15, 0.2) is 0 Å². The number of amides is 1. The molecule has 4 heteroatoms. The lowest BCUT2D eigenvalue weighted by atomic mass is 9.92. The highest BCUT2D eigenvalue weighted by Crippen LogP contribution is 2.22. The monoisotopic (exact) mass is 212 g/mol. The number of likely N-dealkylation sites (N-methyl/N-ethyl adjacent to an activating group) is 1. The van der Waals surface area contributed by atoms with Crippen LogP contribution >= 0.6 is 0 Å². The maximum atomic E-state index is 11.5. The minimum Gasteiger partial charge on any atom is -0.445 e. The highest BCUT2D eigenvalue weighted by molar-refractivity contribution is 5.68. The summed E-state index contributed by atoms with van der Waals surface area (Å²) in [6.07, 6.45) is 6.54. The molecule has 0 radical (unpaired) electrons. The lowest BCUT2D eigenvalue weighted by Crippen LogP contribution is -2.44. The minimum atomic E-state index is -0.232. The van der Waals surface area contributed by atoms with Crippen LogP contribution in [-0.2, 0) is 4.74 Å². The molecule has 2 atom stereocenters. The SMILES string of the molecule is CNC1CCCCC1OC(=O)NC1CC1. The van der Waals surface area contributed by atoms with Gasteiger partial charge in [-0.15, -0.1) is 0 Å². The Hall–Kier alpha value is -0.770. The van der Waals surface area contributed by atoms with Gasteiger partial charge in [-0.1, -0.05) is 6.42 Å². The molecule has 0 aromatic carbocycles. The molecule has 0 bridgehead atoms. The van der Waals surface area contributed by atoms with Crippen LogP contribution in [0.4, 0.5) is 4.79 Å². The molecule has 15 heavy (non-hydrogen) atoms. The molecular weight excluding hydrogens is 192 g/mol. The lowest BCUT2D eigenvalue weighted by Gasteiger charge is -2.30. The van der Waals surface area contributed by atoms with Gasteiger partial charge >= 0.3 is 6.09 Å². The molecule has 1 amide bonds. The van der Waals surface area contributed by atoms with E-state index < -0.39 is 0 Å². The van der Waals surface area contributed by atoms with Gasteiger partial charge < -0.3 is 15.4 Å². The van der Waals surface area contributed by atoms with Crippen LogP contribution in [-0.4, -0.2) is 31.3 Å². The maximum absolute atomic E-state index is 11.5. The van der Waals surface area contributed by atoms with E-state index in [9.17, 15) is 4.79 Å². The van der Waals surface area contributed by atoms with Crippen LogP contribution in [0.1, 0.15) is 38.5 Å². The second kappa shape index (κ2) is 4.84. The average molecular weight is 212 g/mol. The van der Waals surface area contributed by atoms with Crippen molar-refractivity contribution < 1.29 is 9.53 Å². The first-order chi connectivity index (χ1) is 7.29. The fourth-order valence-corrected chi connectivity index (χ4v) is 2.13. The molecule has 0 aromatic rings. The third-order valence-electron chi connectivity index (χ3n) is 3.23. The molecule has 2 N–H and O–H groups in total. The Balaban J connectivity index is 1.76. The van der Waals surface area contributed by atoms with Crippen LogP contribution in [0, 0.1) is 0 Å². The number of carbonyl (C=O) groups excluding carboxylic acids is 1. The van der Waals surface area contributed by atoms with Crippen molar-refractivity contribution in [3.05, 3.63) is 0 Å². The first kappa shape index (κ1) is 10.7. The Morgan fingerprint density at radius 1 is 1.20 bits per heavy atom. The molecule has 0 heterocycles. The van der Waals surface area contributed by atoms with Gasteiger partial charge in [-0.3, -0.25) is 0 Å². The Morgan fingerprint density at radius 3 is 2.60 bits per heavy atom. The van der Waals surface area contributed by atoms with Crippen molar-refractivity contribution >= 4 is 6.09 Å². The van der Waals surface area contributed by atoms with Crippen molar-refractivity contribution in [3.8, 4) is 0 Å². The number of nitrogens with one attached hydrogen (secondary N) is 2. The average Bonchev–Trinajstić information content (AvgIpc) is 3.02. The summed E-state index contributed by atoms with van der Waals surface area (Å²) in [6, 6.07) is 0.720. The van der Waals surface area contributed by atoms with Gasteiger partial charge in [-0.25, -0.2) is 4.79 Å². The van der Waals surface area contributed by atoms with Gasteiger partial charge in [-0.05, 0) is 39.2 Å². The number of hydrogen-bond donors (Lipinski definition) is 2. The van der Waals surface area contributed by atoms with Crippen LogP contribution in [0.3, 0.4) is 0 Å². The van der Waals surface area contributed by atoms with E-state index in [4.69, 9.17) is 4.74 Å². The molecule has 2 saturated carbocycles. The summed E-state index contributed by atoms with van der Waals surface area (Å²) in [5.74, 6) is 0. The first-order valence-corrected chi connectivity index (χ1v) is 5.94. The second-order valence-corrected chi connectivity index (χ2v) is 4.54. The number of alkyl carbamates (subject to hydrolysis) is 1. The largest absolute Gasteiger partial charge is 0.445 e. The molecule has 2 aliphatic carbocycles. The van der Waals surface area contributed by atoms with Gasteiger partial charge in [0, 0.05) is 12.1 Å². The van der Waals surface area contributed by atoms with Crippen LogP contribution in [0.5, 0.6) is 0 Å². The number of hydrogen-bond acceptors (Lipinski definition) is 3. The van der Waals surface area contributed by atoms with E-state index in [1.54, 1.807) is 0 Å². The fraction of sp³-hybridized carbons (Fsp3) is 0.909. The molecule has 0 spiro atoms. The Bertz CT molecular complexity index is 229. The van der Waals surface area contributed by atoms with Crippen molar-refractivity contribution in [2.24, 2.45) is 0 Å². The number of ether oxygens (including phenoxy) is 1. The van der Waals surface area contributed by atoms with E-state index in [2.05, 4.69) is 10.6 Å². The van der Waals surface area contributed by atoms with Gasteiger partial charge in [0.2, 0.25) is 0 Å². The molecule has 0 saturated heterocycles. The number of carbonyl (C=O) groups is 1. The summed E-state index contributed by atoms with van der Waals surface area (Å²) in [6.45, 7) is 0. The van der Waals surface area contributed by atoms with Crippen LogP contribution < -0.4 is 10.6 Å². The van der Waals surface area contributed by atoms with Crippen LogP contribution in [0.2, 0.25) is 0 Å².